The van der Waals surface area contributed by atoms with Crippen molar-refractivity contribution in [1.29, 1.82) is 0 Å². The molecule has 0 aliphatic carbocycles. The highest BCUT2D eigenvalue weighted by molar-refractivity contribution is 5.96. The van der Waals surface area contributed by atoms with Gasteiger partial charge in [0.2, 0.25) is 23.6 Å². The summed E-state index contributed by atoms with van der Waals surface area (Å²) in [6.45, 7) is 1.88. The first-order valence-corrected chi connectivity index (χ1v) is 15.8. The van der Waals surface area contributed by atoms with Crippen molar-refractivity contribution in [2.24, 2.45) is 5.73 Å². The van der Waals surface area contributed by atoms with E-state index in [1.807, 2.05) is 55.5 Å². The summed E-state index contributed by atoms with van der Waals surface area (Å²) in [5.74, 6) is -2.19. The lowest BCUT2D eigenvalue weighted by Gasteiger charge is -2.22. The largest absolute Gasteiger partial charge is 0.427 e. The molecule has 2 heterocycles. The molecule has 48 heavy (non-hydrogen) atoms. The number of carbonyl (C=O) groups excluding carboxylic acids is 5. The first-order chi connectivity index (χ1) is 23.2. The summed E-state index contributed by atoms with van der Waals surface area (Å²) in [5, 5.41) is 10.0. The van der Waals surface area contributed by atoms with Gasteiger partial charge < -0.3 is 36.4 Å². The first kappa shape index (κ1) is 33.5. The third kappa shape index (κ3) is 8.66. The number of aromatic amines is 2. The number of nitrogens with one attached hydrogen (secondary N) is 5. The molecule has 5 rings (SSSR count). The molecule has 0 fully saturated rings. The lowest BCUT2D eigenvalue weighted by atomic mass is 10.0. The number of nitrogens with two attached hydrogens (primary N) is 1. The maximum absolute atomic E-state index is 13.7. The Kier molecular flexibility index (Phi) is 10.9. The van der Waals surface area contributed by atoms with E-state index in [1.54, 1.807) is 36.7 Å². The van der Waals surface area contributed by atoms with Crippen molar-refractivity contribution < 1.29 is 28.7 Å². The number of hydrogen-bond acceptors (Lipinski definition) is 6. The van der Waals surface area contributed by atoms with Crippen LogP contribution in [0.5, 0.6) is 5.75 Å². The van der Waals surface area contributed by atoms with Gasteiger partial charge in [0.25, 0.3) is 0 Å². The van der Waals surface area contributed by atoms with Gasteiger partial charge in [0.05, 0.1) is 0 Å². The Bertz CT molecular complexity index is 1930. The average Bonchev–Trinajstić information content (AvgIpc) is 3.68. The van der Waals surface area contributed by atoms with Crippen LogP contribution in [0.25, 0.3) is 21.8 Å². The highest BCUT2D eigenvalue weighted by Crippen LogP contribution is 2.21. The number of amides is 4. The van der Waals surface area contributed by atoms with E-state index in [1.165, 1.54) is 0 Å². The Hall–Kier alpha value is -5.91. The van der Waals surface area contributed by atoms with E-state index in [0.29, 0.717) is 24.3 Å². The standard InChI is InChI=1S/C36H38N6O6/c1-2-7-34(45)48-25-14-12-24(13-15-25)40-32(43)16-17-33(44)41-31(19-23-21-39-29-11-6-4-9-27(23)29)36(47)42-30(35(37)46)18-22-20-38-28-10-5-3-8-26(22)28/h3-6,8-15,20-21,30-31,38-39H,2,7,16-19H2,1H3,(H2,37,46)(H,40,43)(H,41,44)(H,42,47)/t30-,31-/m0/s1. The van der Waals surface area contributed by atoms with E-state index in [0.717, 1.165) is 32.9 Å². The molecule has 0 bridgehead atoms. The van der Waals surface area contributed by atoms with Gasteiger partial charge in [-0.25, -0.2) is 0 Å². The van der Waals surface area contributed by atoms with E-state index in [9.17, 15) is 24.0 Å². The van der Waals surface area contributed by atoms with Crippen molar-refractivity contribution in [3.05, 3.63) is 96.3 Å². The second-order valence-corrected chi connectivity index (χ2v) is 11.5. The number of carbonyl (C=O) groups is 5. The van der Waals surface area contributed by atoms with Gasteiger partial charge in [-0.1, -0.05) is 43.3 Å². The van der Waals surface area contributed by atoms with Crippen LogP contribution in [0.4, 0.5) is 5.69 Å². The molecule has 0 saturated heterocycles. The molecular formula is C36H38N6O6. The van der Waals surface area contributed by atoms with Crippen molar-refractivity contribution in [3.63, 3.8) is 0 Å². The Morgan fingerprint density at radius 2 is 1.27 bits per heavy atom. The minimum atomic E-state index is -1.06. The van der Waals surface area contributed by atoms with Crippen LogP contribution in [-0.4, -0.2) is 51.6 Å². The van der Waals surface area contributed by atoms with E-state index >= 15 is 0 Å². The molecule has 2 atom stereocenters. The molecule has 2 aromatic heterocycles. The summed E-state index contributed by atoms with van der Waals surface area (Å²) in [6.07, 6.45) is 4.48. The quantitative estimate of drug-likeness (QED) is 0.0733. The van der Waals surface area contributed by atoms with Gasteiger partial charge in [-0.3, -0.25) is 24.0 Å². The molecule has 7 N–H and O–H groups in total. The zero-order valence-corrected chi connectivity index (χ0v) is 26.5. The highest BCUT2D eigenvalue weighted by atomic mass is 16.5. The Labute approximate surface area is 276 Å². The highest BCUT2D eigenvalue weighted by Gasteiger charge is 2.28. The van der Waals surface area contributed by atoms with Crippen LogP contribution >= 0.6 is 0 Å². The van der Waals surface area contributed by atoms with Crippen LogP contribution in [0.15, 0.2) is 85.2 Å². The van der Waals surface area contributed by atoms with E-state index in [4.69, 9.17) is 10.5 Å². The third-order valence-electron chi connectivity index (χ3n) is 7.91. The zero-order chi connectivity index (χ0) is 34.0. The molecular weight excluding hydrogens is 612 g/mol. The summed E-state index contributed by atoms with van der Waals surface area (Å²) in [4.78, 5) is 70.0. The van der Waals surface area contributed by atoms with Gasteiger partial charge >= 0.3 is 5.97 Å². The molecule has 0 aliphatic heterocycles. The number of benzene rings is 3. The van der Waals surface area contributed by atoms with Gasteiger partial charge in [0.1, 0.15) is 17.8 Å². The number of hydrogen-bond donors (Lipinski definition) is 6. The number of H-pyrrole nitrogens is 2. The fourth-order valence-corrected chi connectivity index (χ4v) is 5.46. The van der Waals surface area contributed by atoms with Crippen LogP contribution < -0.4 is 26.4 Å². The number of aromatic nitrogens is 2. The lowest BCUT2D eigenvalue weighted by Crippen LogP contribution is -2.54. The summed E-state index contributed by atoms with van der Waals surface area (Å²) in [7, 11) is 0. The number of para-hydroxylation sites is 2. The number of anilines is 1. The van der Waals surface area contributed by atoms with Crippen LogP contribution in [0, 0.1) is 0 Å². The normalized spacial score (nSPS) is 12.3. The number of ether oxygens (including phenoxy) is 1. The van der Waals surface area contributed by atoms with Gasteiger partial charge in [-0.2, -0.15) is 0 Å². The fourth-order valence-electron chi connectivity index (χ4n) is 5.46. The Morgan fingerprint density at radius 3 is 1.85 bits per heavy atom. The molecule has 0 radical (unpaired) electrons. The minimum Gasteiger partial charge on any atom is -0.427 e. The minimum absolute atomic E-state index is 0.127. The SMILES string of the molecule is CCCC(=O)Oc1ccc(NC(=O)CCC(=O)N[C@@H](Cc2c[nH]c3ccccc23)C(=O)N[C@@H](Cc2c[nH]c3ccccc23)C(N)=O)cc1. The predicted octanol–water partition coefficient (Wildman–Crippen LogP) is 4.01. The fraction of sp³-hybridized carbons (Fsp3) is 0.250. The zero-order valence-electron chi connectivity index (χ0n) is 26.5. The molecule has 248 valence electrons. The smallest absolute Gasteiger partial charge is 0.311 e. The summed E-state index contributed by atoms with van der Waals surface area (Å²) in [6, 6.07) is 19.4. The number of fused-ring (bicyclic) bond motifs is 2. The maximum atomic E-state index is 13.7. The summed E-state index contributed by atoms with van der Waals surface area (Å²) >= 11 is 0. The molecule has 0 aliphatic rings. The van der Waals surface area contributed by atoms with Crippen LogP contribution in [0.3, 0.4) is 0 Å². The first-order valence-electron chi connectivity index (χ1n) is 15.8. The van der Waals surface area contributed by atoms with E-state index in [2.05, 4.69) is 25.9 Å². The number of rotatable bonds is 15. The maximum Gasteiger partial charge on any atom is 0.311 e. The van der Waals surface area contributed by atoms with Crippen molar-refractivity contribution in [1.82, 2.24) is 20.6 Å². The van der Waals surface area contributed by atoms with Crippen molar-refractivity contribution >= 4 is 57.1 Å². The summed E-state index contributed by atoms with van der Waals surface area (Å²) in [5.41, 5.74) is 9.56. The van der Waals surface area contributed by atoms with Gasteiger partial charge in [0.15, 0.2) is 0 Å². The van der Waals surface area contributed by atoms with Gasteiger partial charge in [-0.15, -0.1) is 0 Å². The second-order valence-electron chi connectivity index (χ2n) is 11.5. The molecule has 5 aromatic rings. The van der Waals surface area contributed by atoms with Crippen molar-refractivity contribution in [3.8, 4) is 5.75 Å². The number of primary amides is 1. The average molecular weight is 651 g/mol. The van der Waals surface area contributed by atoms with Gasteiger partial charge in [-0.05, 0) is 53.9 Å². The van der Waals surface area contributed by atoms with Gasteiger partial charge in [0, 0.05) is 72.0 Å². The molecule has 0 saturated carbocycles. The van der Waals surface area contributed by atoms with Crippen LogP contribution in [0.2, 0.25) is 0 Å². The third-order valence-corrected chi connectivity index (χ3v) is 7.91. The molecule has 12 heteroatoms. The molecule has 4 amide bonds. The molecule has 0 spiro atoms. The molecule has 0 unspecified atom stereocenters. The Balaban J connectivity index is 1.23. The molecule has 12 nitrogen and oxygen atoms in total. The van der Waals surface area contributed by atoms with E-state index < -0.39 is 35.7 Å². The Morgan fingerprint density at radius 1 is 0.708 bits per heavy atom. The predicted molar refractivity (Wildman–Crippen MR) is 182 cm³/mol. The second kappa shape index (κ2) is 15.6. The van der Waals surface area contributed by atoms with Crippen molar-refractivity contribution in [2.45, 2.75) is 57.5 Å². The lowest BCUT2D eigenvalue weighted by molar-refractivity contribution is -0.134. The topological polar surface area (TPSA) is 188 Å². The monoisotopic (exact) mass is 650 g/mol. The summed E-state index contributed by atoms with van der Waals surface area (Å²) < 4.78 is 5.22. The number of esters is 1. The van der Waals surface area contributed by atoms with Crippen molar-refractivity contribution in [2.75, 3.05) is 5.32 Å². The van der Waals surface area contributed by atoms with E-state index in [-0.39, 0.29) is 31.7 Å². The molecule has 3 aromatic carbocycles. The van der Waals surface area contributed by atoms with Crippen LogP contribution in [-0.2, 0) is 36.8 Å². The van der Waals surface area contributed by atoms with Crippen LogP contribution in [0.1, 0.15) is 43.7 Å².